The lowest BCUT2D eigenvalue weighted by molar-refractivity contribution is 0.162. The van der Waals surface area contributed by atoms with Crippen LogP contribution in [0, 0.1) is 5.41 Å². The molecule has 0 radical (unpaired) electrons. The molecule has 2 heteroatoms. The molecule has 1 aliphatic rings. The summed E-state index contributed by atoms with van der Waals surface area (Å²) in [5.41, 5.74) is 3.18. The van der Waals surface area contributed by atoms with Crippen LogP contribution < -0.4 is 0 Å². The van der Waals surface area contributed by atoms with Crippen molar-refractivity contribution in [3.63, 3.8) is 0 Å². The summed E-state index contributed by atoms with van der Waals surface area (Å²) in [4.78, 5) is 0. The molecule has 88 valence electrons. The number of aryl methyl sites for hydroxylation is 1. The van der Waals surface area contributed by atoms with Gasteiger partial charge in [0, 0.05) is 17.4 Å². The molecule has 0 bridgehead atoms. The first-order valence-corrected chi connectivity index (χ1v) is 7.12. The predicted molar refractivity (Wildman–Crippen MR) is 71.2 cm³/mol. The number of hydrogen-bond acceptors (Lipinski definition) is 1. The zero-order valence-electron chi connectivity index (χ0n) is 9.84. The van der Waals surface area contributed by atoms with E-state index in [9.17, 15) is 0 Å². The highest BCUT2D eigenvalue weighted by atomic mass is 79.9. The van der Waals surface area contributed by atoms with Gasteiger partial charge >= 0.3 is 0 Å². The largest absolute Gasteiger partial charge is 0.381 e. The molecular weight excluding hydrogens is 264 g/mol. The maximum Gasteiger partial charge on any atom is 0.0534 e. The van der Waals surface area contributed by atoms with Crippen molar-refractivity contribution in [1.82, 2.24) is 0 Å². The van der Waals surface area contributed by atoms with Crippen LogP contribution in [-0.4, -0.2) is 18.5 Å². The maximum atomic E-state index is 5.54. The Morgan fingerprint density at radius 2 is 1.94 bits per heavy atom. The van der Waals surface area contributed by atoms with Crippen molar-refractivity contribution < 1.29 is 4.74 Å². The maximum absolute atomic E-state index is 5.54. The van der Waals surface area contributed by atoms with Gasteiger partial charge in [0.15, 0.2) is 0 Å². The molecule has 1 heterocycles. The third-order valence-corrected chi connectivity index (χ3v) is 4.67. The molecule has 1 atom stereocenters. The van der Waals surface area contributed by atoms with Gasteiger partial charge in [-0.05, 0) is 30.4 Å². The Morgan fingerprint density at radius 3 is 2.44 bits per heavy atom. The van der Waals surface area contributed by atoms with Gasteiger partial charge in [0.25, 0.3) is 0 Å². The predicted octanol–water partition coefficient (Wildman–Crippen LogP) is 3.59. The molecule has 0 saturated carbocycles. The topological polar surface area (TPSA) is 9.23 Å². The summed E-state index contributed by atoms with van der Waals surface area (Å²) in [5.74, 6) is 0. The second-order valence-corrected chi connectivity index (χ2v) is 5.34. The lowest BCUT2D eigenvalue weighted by Gasteiger charge is -2.24. The van der Waals surface area contributed by atoms with Gasteiger partial charge in [-0.25, -0.2) is 0 Å². The summed E-state index contributed by atoms with van der Waals surface area (Å²) in [7, 11) is 0. The van der Waals surface area contributed by atoms with Crippen LogP contribution in [0.15, 0.2) is 24.3 Å². The highest BCUT2D eigenvalue weighted by Crippen LogP contribution is 2.34. The Labute approximate surface area is 106 Å². The number of halogens is 1. The van der Waals surface area contributed by atoms with Crippen molar-refractivity contribution in [2.24, 2.45) is 5.41 Å². The fraction of sp³-hybridized carbons (Fsp3) is 0.571. The summed E-state index contributed by atoms with van der Waals surface area (Å²) in [6.07, 6.45) is 3.42. The molecular formula is C14H19BrO. The van der Waals surface area contributed by atoms with Gasteiger partial charge in [-0.1, -0.05) is 47.1 Å². The molecule has 0 spiro atoms. The molecule has 0 N–H and O–H groups in total. The van der Waals surface area contributed by atoms with Crippen molar-refractivity contribution in [1.29, 1.82) is 0 Å². The van der Waals surface area contributed by atoms with Crippen LogP contribution in [0.25, 0.3) is 0 Å². The van der Waals surface area contributed by atoms with Gasteiger partial charge in [0.1, 0.15) is 0 Å². The van der Waals surface area contributed by atoms with Crippen LogP contribution >= 0.6 is 15.9 Å². The van der Waals surface area contributed by atoms with E-state index in [0.717, 1.165) is 31.4 Å². The molecule has 1 unspecified atom stereocenters. The summed E-state index contributed by atoms with van der Waals surface area (Å²) in [6.45, 7) is 4.01. The van der Waals surface area contributed by atoms with E-state index < -0.39 is 0 Å². The third-order valence-electron chi connectivity index (χ3n) is 3.48. The van der Waals surface area contributed by atoms with Gasteiger partial charge in [-0.15, -0.1) is 0 Å². The summed E-state index contributed by atoms with van der Waals surface area (Å²) in [5, 5.41) is 1.04. The van der Waals surface area contributed by atoms with Gasteiger partial charge in [-0.3, -0.25) is 0 Å². The molecule has 0 amide bonds. The quantitative estimate of drug-likeness (QED) is 0.767. The summed E-state index contributed by atoms with van der Waals surface area (Å²) < 4.78 is 5.54. The number of benzene rings is 1. The molecule has 1 aromatic carbocycles. The van der Waals surface area contributed by atoms with Crippen LogP contribution in [0.2, 0.25) is 0 Å². The average Bonchev–Trinajstić information content (AvgIpc) is 2.79. The monoisotopic (exact) mass is 282 g/mol. The summed E-state index contributed by atoms with van der Waals surface area (Å²) in [6, 6.07) is 9.02. The van der Waals surface area contributed by atoms with E-state index in [1.165, 1.54) is 17.5 Å². The third kappa shape index (κ3) is 2.67. The number of hydrogen-bond donors (Lipinski definition) is 0. The number of rotatable bonds is 4. The van der Waals surface area contributed by atoms with Gasteiger partial charge in [0.2, 0.25) is 0 Å². The standard InChI is InChI=1S/C14H19BrO/c1-2-12-3-5-13(6-4-12)9-14(10-15)7-8-16-11-14/h3-6H,2,7-11H2,1H3. The molecule has 0 aliphatic carbocycles. The molecule has 1 aliphatic heterocycles. The van der Waals surface area contributed by atoms with E-state index in [4.69, 9.17) is 4.74 Å². The van der Waals surface area contributed by atoms with Crippen LogP contribution in [0.3, 0.4) is 0 Å². The second-order valence-electron chi connectivity index (χ2n) is 4.78. The minimum Gasteiger partial charge on any atom is -0.381 e. The van der Waals surface area contributed by atoms with Gasteiger partial charge < -0.3 is 4.74 Å². The molecule has 1 saturated heterocycles. The van der Waals surface area contributed by atoms with Crippen molar-refractivity contribution in [2.75, 3.05) is 18.5 Å². The number of alkyl halides is 1. The molecule has 1 aromatic rings. The lowest BCUT2D eigenvalue weighted by Crippen LogP contribution is -2.25. The van der Waals surface area contributed by atoms with Crippen molar-refractivity contribution >= 4 is 15.9 Å². The normalized spacial score (nSPS) is 24.9. The van der Waals surface area contributed by atoms with Crippen LogP contribution in [0.5, 0.6) is 0 Å². The smallest absolute Gasteiger partial charge is 0.0534 e. The number of ether oxygens (including phenoxy) is 1. The molecule has 2 rings (SSSR count). The van der Waals surface area contributed by atoms with Crippen LogP contribution in [0.1, 0.15) is 24.5 Å². The van der Waals surface area contributed by atoms with Crippen LogP contribution in [-0.2, 0) is 17.6 Å². The van der Waals surface area contributed by atoms with Crippen molar-refractivity contribution in [2.45, 2.75) is 26.2 Å². The fourth-order valence-corrected chi connectivity index (χ4v) is 2.91. The SMILES string of the molecule is CCc1ccc(CC2(CBr)CCOC2)cc1. The Morgan fingerprint density at radius 1 is 1.25 bits per heavy atom. The molecule has 1 nitrogen and oxygen atoms in total. The van der Waals surface area contributed by atoms with E-state index in [2.05, 4.69) is 47.1 Å². The first-order valence-electron chi connectivity index (χ1n) is 5.99. The Bertz CT molecular complexity index is 325. The minimum absolute atomic E-state index is 0.327. The molecule has 16 heavy (non-hydrogen) atoms. The minimum atomic E-state index is 0.327. The highest BCUT2D eigenvalue weighted by Gasteiger charge is 2.33. The van der Waals surface area contributed by atoms with Crippen LogP contribution in [0.4, 0.5) is 0 Å². The molecule has 0 aromatic heterocycles. The lowest BCUT2D eigenvalue weighted by atomic mass is 9.83. The summed E-state index contributed by atoms with van der Waals surface area (Å²) >= 11 is 3.64. The first-order chi connectivity index (χ1) is 7.78. The van der Waals surface area contributed by atoms with Crippen molar-refractivity contribution in [3.05, 3.63) is 35.4 Å². The zero-order valence-corrected chi connectivity index (χ0v) is 11.4. The van der Waals surface area contributed by atoms with E-state index in [1.54, 1.807) is 0 Å². The second kappa shape index (κ2) is 5.33. The Kier molecular flexibility index (Phi) is 4.04. The Balaban J connectivity index is 2.07. The zero-order chi connectivity index (χ0) is 11.4. The molecule has 1 fully saturated rings. The average molecular weight is 283 g/mol. The van der Waals surface area contributed by atoms with Crippen molar-refractivity contribution in [3.8, 4) is 0 Å². The van der Waals surface area contributed by atoms with E-state index in [-0.39, 0.29) is 0 Å². The Hall–Kier alpha value is -0.340. The van der Waals surface area contributed by atoms with E-state index in [1.807, 2.05) is 0 Å². The van der Waals surface area contributed by atoms with E-state index in [0.29, 0.717) is 5.41 Å². The van der Waals surface area contributed by atoms with Gasteiger partial charge in [-0.2, -0.15) is 0 Å². The fourth-order valence-electron chi connectivity index (χ4n) is 2.27. The van der Waals surface area contributed by atoms with Gasteiger partial charge in [0.05, 0.1) is 6.61 Å². The first kappa shape index (κ1) is 12.1. The highest BCUT2D eigenvalue weighted by molar-refractivity contribution is 9.09. The van der Waals surface area contributed by atoms with E-state index >= 15 is 0 Å².